The molecule has 0 rings (SSSR count). The molecule has 0 aliphatic carbocycles. The zero-order valence-corrected chi connectivity index (χ0v) is 22.1. The third-order valence-electron chi connectivity index (χ3n) is 4.42. The Labute approximate surface area is 217 Å². The molecular formula is C16H32CdO18. The molecule has 0 aromatic carbocycles. The number of aliphatic hydroxyl groups is 14. The van der Waals surface area contributed by atoms with Crippen molar-refractivity contribution in [2.75, 3.05) is 13.2 Å². The first-order valence-electron chi connectivity index (χ1n) is 9.31. The molecular weight excluding hydrogens is 593 g/mol. The predicted molar refractivity (Wildman–Crippen MR) is 102 cm³/mol. The number of hydrogen-bond donors (Lipinski definition) is 16. The molecule has 0 aliphatic rings. The molecule has 0 heterocycles. The number of aliphatic hydroxyl groups excluding tert-OH is 14. The topological polar surface area (TPSA) is 358 Å². The van der Waals surface area contributed by atoms with E-state index in [9.17, 15) is 30.0 Å². The van der Waals surface area contributed by atoms with E-state index in [0.717, 1.165) is 0 Å². The Morgan fingerprint density at radius 2 is 0.629 bits per heavy atom. The van der Waals surface area contributed by atoms with Crippen LogP contribution >= 0.6 is 0 Å². The Kier molecular flexibility index (Phi) is 20.6. The zero-order valence-electron chi connectivity index (χ0n) is 18.0. The van der Waals surface area contributed by atoms with Gasteiger partial charge < -0.3 is 81.7 Å². The van der Waals surface area contributed by atoms with Gasteiger partial charge in [0.05, 0.1) is 13.2 Å². The van der Waals surface area contributed by atoms with E-state index in [-0.39, 0.29) is 27.3 Å². The van der Waals surface area contributed by atoms with E-state index < -0.39 is 98.4 Å². The summed E-state index contributed by atoms with van der Waals surface area (Å²) in [6, 6.07) is 0. The van der Waals surface area contributed by atoms with Crippen LogP contribution in [0.5, 0.6) is 0 Å². The summed E-state index contributed by atoms with van der Waals surface area (Å²) in [5.41, 5.74) is 0. The molecule has 0 saturated carbocycles. The monoisotopic (exact) mass is 626 g/mol. The van der Waals surface area contributed by atoms with Crippen LogP contribution < -0.4 is 0 Å². The van der Waals surface area contributed by atoms with Gasteiger partial charge in [-0.25, -0.2) is 9.59 Å². The van der Waals surface area contributed by atoms with Crippen LogP contribution in [0.3, 0.4) is 0 Å². The molecule has 19 heteroatoms. The van der Waals surface area contributed by atoms with Gasteiger partial charge in [0.2, 0.25) is 0 Å². The molecule has 206 valence electrons. The maximum atomic E-state index is 10.3. The molecule has 18 nitrogen and oxygen atoms in total. The van der Waals surface area contributed by atoms with Crippen LogP contribution in [0.4, 0.5) is 0 Å². The number of aliphatic carboxylic acids is 2. The van der Waals surface area contributed by atoms with Crippen LogP contribution in [-0.2, 0) is 36.9 Å². The van der Waals surface area contributed by atoms with Crippen LogP contribution in [-0.4, -0.2) is 180 Å². The second-order valence-electron chi connectivity index (χ2n) is 6.99. The van der Waals surface area contributed by atoms with Gasteiger partial charge in [0.15, 0.2) is 12.2 Å². The van der Waals surface area contributed by atoms with E-state index in [4.69, 9.17) is 61.3 Å². The summed E-state index contributed by atoms with van der Waals surface area (Å²) in [7, 11) is 0. The van der Waals surface area contributed by atoms with Gasteiger partial charge in [0, 0.05) is 27.3 Å². The Hall–Kier alpha value is -0.698. The molecule has 0 aromatic rings. The van der Waals surface area contributed by atoms with Gasteiger partial charge >= 0.3 is 11.9 Å². The summed E-state index contributed by atoms with van der Waals surface area (Å²) in [6.45, 7) is -1.83. The molecule has 0 spiro atoms. The third-order valence-corrected chi connectivity index (χ3v) is 4.42. The Morgan fingerprint density at radius 1 is 0.429 bits per heavy atom. The molecule has 0 radical (unpaired) electrons. The third kappa shape index (κ3) is 12.4. The summed E-state index contributed by atoms with van der Waals surface area (Å²) in [6.07, 6.45) is -25.5. The van der Waals surface area contributed by atoms with Crippen molar-refractivity contribution in [1.29, 1.82) is 0 Å². The van der Waals surface area contributed by atoms with Gasteiger partial charge in [0.25, 0.3) is 0 Å². The molecule has 0 saturated heterocycles. The van der Waals surface area contributed by atoms with E-state index in [1.807, 2.05) is 0 Å². The average Bonchev–Trinajstić information content (AvgIpc) is 2.82. The second-order valence-corrected chi connectivity index (χ2v) is 6.99. The minimum Gasteiger partial charge on any atom is -0.479 e. The van der Waals surface area contributed by atoms with Crippen molar-refractivity contribution < 1.29 is 119 Å². The van der Waals surface area contributed by atoms with E-state index in [1.165, 1.54) is 0 Å². The fraction of sp³-hybridized carbons (Fsp3) is 0.875. The normalized spacial score (nSPS) is 21.7. The van der Waals surface area contributed by atoms with Crippen molar-refractivity contribution in [2.24, 2.45) is 0 Å². The van der Waals surface area contributed by atoms with Crippen LogP contribution in [0.1, 0.15) is 0 Å². The van der Waals surface area contributed by atoms with Crippen LogP contribution in [0.15, 0.2) is 0 Å². The van der Waals surface area contributed by atoms with Gasteiger partial charge in [-0.15, -0.1) is 0 Å². The summed E-state index contributed by atoms with van der Waals surface area (Å²) in [5.74, 6) is -3.66. The molecule has 35 heavy (non-hydrogen) atoms. The summed E-state index contributed by atoms with van der Waals surface area (Å²) in [4.78, 5) is 20.5. The number of rotatable bonds is 14. The summed E-state index contributed by atoms with van der Waals surface area (Å²) in [5, 5.41) is 143. The zero-order chi connectivity index (χ0) is 27.5. The predicted octanol–water partition coefficient (Wildman–Crippen LogP) is -9.55. The van der Waals surface area contributed by atoms with Gasteiger partial charge in [-0.1, -0.05) is 0 Å². The Bertz CT molecular complexity index is 547. The van der Waals surface area contributed by atoms with E-state index >= 15 is 0 Å². The quantitative estimate of drug-likeness (QED) is 0.0797. The number of hydrogen-bond acceptors (Lipinski definition) is 16. The molecule has 0 bridgehead atoms. The van der Waals surface area contributed by atoms with Crippen molar-refractivity contribution in [2.45, 2.75) is 73.2 Å². The smallest absolute Gasteiger partial charge is 0.335 e. The first kappa shape index (κ1) is 38.8. The first-order valence-corrected chi connectivity index (χ1v) is 9.31. The van der Waals surface area contributed by atoms with Crippen molar-refractivity contribution in [1.82, 2.24) is 0 Å². The molecule has 0 aromatic heterocycles. The number of carboxylic acids is 2. The SMILES string of the molecule is O=C(O)[C@H](O)[C@@H](O)[C@H](O)[C@@H](O)[C@@H](O)[C@H](O)CO.O=C(O)[C@H](O)[C@@H](O)[C@H](O)[C@@H](O)[C@@H](O)[C@H](O)CO.[Cd]. The minimum absolute atomic E-state index is 0. The van der Waals surface area contributed by atoms with Crippen molar-refractivity contribution >= 4 is 11.9 Å². The van der Waals surface area contributed by atoms with Crippen molar-refractivity contribution in [3.8, 4) is 0 Å². The Balaban J connectivity index is -0.000000569. The fourth-order valence-electron chi connectivity index (χ4n) is 2.14. The van der Waals surface area contributed by atoms with Gasteiger partial charge in [-0.2, -0.15) is 0 Å². The van der Waals surface area contributed by atoms with Crippen LogP contribution in [0.25, 0.3) is 0 Å². The van der Waals surface area contributed by atoms with Gasteiger partial charge in [-0.3, -0.25) is 0 Å². The first-order chi connectivity index (χ1) is 15.5. The maximum absolute atomic E-state index is 10.3. The molecule has 16 N–H and O–H groups in total. The standard InChI is InChI=1S/2C8H16O9.Cd/c2*9-1-2(10)3(11)4(12)5(13)6(14)7(15)8(16)17;/h2*2-7,9-15H,1H2,(H,16,17);/t2*2-,3+,4+,5-,6+,7-;/m11./s1. The molecule has 0 amide bonds. The average molecular weight is 625 g/mol. The molecule has 0 unspecified atom stereocenters. The van der Waals surface area contributed by atoms with E-state index in [2.05, 4.69) is 0 Å². The molecule has 0 fully saturated rings. The summed E-state index contributed by atoms with van der Waals surface area (Å²) >= 11 is 0. The largest absolute Gasteiger partial charge is 0.479 e. The van der Waals surface area contributed by atoms with Crippen LogP contribution in [0, 0.1) is 0 Å². The Morgan fingerprint density at radius 3 is 0.800 bits per heavy atom. The number of carboxylic acid groups (broad SMARTS) is 2. The maximum Gasteiger partial charge on any atom is 0.335 e. The van der Waals surface area contributed by atoms with E-state index in [1.54, 1.807) is 0 Å². The van der Waals surface area contributed by atoms with Gasteiger partial charge in [0.1, 0.15) is 61.0 Å². The van der Waals surface area contributed by atoms with Crippen molar-refractivity contribution in [3.05, 3.63) is 0 Å². The van der Waals surface area contributed by atoms with E-state index in [0.29, 0.717) is 0 Å². The van der Waals surface area contributed by atoms with Crippen molar-refractivity contribution in [3.63, 3.8) is 0 Å². The summed E-state index contributed by atoms with van der Waals surface area (Å²) < 4.78 is 0. The second kappa shape index (κ2) is 18.5. The van der Waals surface area contributed by atoms with Gasteiger partial charge in [-0.05, 0) is 0 Å². The number of carbonyl (C=O) groups is 2. The minimum atomic E-state index is -2.36. The molecule has 0 aliphatic heterocycles. The fourth-order valence-corrected chi connectivity index (χ4v) is 2.14. The molecule has 12 atom stereocenters. The van der Waals surface area contributed by atoms with Crippen LogP contribution in [0.2, 0.25) is 0 Å².